The van der Waals surface area contributed by atoms with E-state index in [2.05, 4.69) is 20.0 Å². The van der Waals surface area contributed by atoms with Crippen LogP contribution in [0.2, 0.25) is 0 Å². The summed E-state index contributed by atoms with van der Waals surface area (Å²) in [4.78, 5) is 7.83. The van der Waals surface area contributed by atoms with Crippen LogP contribution >= 0.6 is 24.0 Å². The molecule has 1 aromatic heterocycles. The van der Waals surface area contributed by atoms with E-state index >= 15 is 0 Å². The highest BCUT2D eigenvalue weighted by Gasteiger charge is 2.29. The number of guanidine groups is 1. The van der Waals surface area contributed by atoms with Crippen LogP contribution in [0, 0.1) is 0 Å². The molecular weight excluding hydrogens is 428 g/mol. The maximum atomic E-state index is 12.2. The molecule has 1 rings (SSSR count). The van der Waals surface area contributed by atoms with Crippen LogP contribution in [0.1, 0.15) is 12.5 Å². The number of nitrogens with one attached hydrogen (secondary N) is 1. The molecule has 1 heterocycles. The highest BCUT2D eigenvalue weighted by atomic mass is 127. The van der Waals surface area contributed by atoms with E-state index in [-0.39, 0.29) is 48.4 Å². The van der Waals surface area contributed by atoms with Gasteiger partial charge in [0.1, 0.15) is 0 Å². The molecule has 0 amide bonds. The molecule has 1 aromatic rings. The minimum absolute atomic E-state index is 0. The Morgan fingerprint density at radius 2 is 2.17 bits per heavy atom. The van der Waals surface area contributed by atoms with Crippen LogP contribution in [-0.2, 0) is 11.3 Å². The van der Waals surface area contributed by atoms with E-state index in [0.717, 1.165) is 0 Å². The third-order valence-electron chi connectivity index (χ3n) is 2.45. The number of rotatable bonds is 7. The van der Waals surface area contributed by atoms with Gasteiger partial charge in [-0.3, -0.25) is 0 Å². The maximum absolute atomic E-state index is 12.2. The Balaban J connectivity index is 0.00000484. The summed E-state index contributed by atoms with van der Waals surface area (Å²) in [5.41, 5.74) is 6.10. The van der Waals surface area contributed by atoms with Gasteiger partial charge in [-0.15, -0.1) is 24.0 Å². The van der Waals surface area contributed by atoms with Gasteiger partial charge in [-0.2, -0.15) is 13.2 Å². The van der Waals surface area contributed by atoms with Crippen molar-refractivity contribution < 1.29 is 22.6 Å². The van der Waals surface area contributed by atoms with Gasteiger partial charge in [0.15, 0.2) is 12.6 Å². The number of methoxy groups -OCH3 is 1. The first-order valence-electron chi connectivity index (χ1n) is 6.50. The normalized spacial score (nSPS) is 13.2. The van der Waals surface area contributed by atoms with Gasteiger partial charge in [-0.1, -0.05) is 6.07 Å². The molecule has 0 bridgehead atoms. The zero-order chi connectivity index (χ0) is 16.6. The van der Waals surface area contributed by atoms with Crippen LogP contribution < -0.4 is 15.8 Å². The molecule has 0 aliphatic rings. The van der Waals surface area contributed by atoms with Gasteiger partial charge in [-0.05, 0) is 13.0 Å². The number of pyridine rings is 1. The molecule has 10 heteroatoms. The monoisotopic (exact) mass is 448 g/mol. The summed E-state index contributed by atoms with van der Waals surface area (Å²) in [7, 11) is 1.56. The van der Waals surface area contributed by atoms with Gasteiger partial charge in [0.05, 0.1) is 13.2 Å². The Labute approximate surface area is 149 Å². The minimum Gasteiger partial charge on any atom is -0.468 e. The highest BCUT2D eigenvalue weighted by molar-refractivity contribution is 14.0. The van der Waals surface area contributed by atoms with Crippen molar-refractivity contribution in [3.63, 3.8) is 0 Å². The topological polar surface area (TPSA) is 81.8 Å². The van der Waals surface area contributed by atoms with E-state index in [9.17, 15) is 13.2 Å². The van der Waals surface area contributed by atoms with Crippen LogP contribution in [-0.4, -0.2) is 43.5 Å². The van der Waals surface area contributed by atoms with Gasteiger partial charge in [0.25, 0.3) is 0 Å². The van der Waals surface area contributed by atoms with Crippen molar-refractivity contribution in [2.75, 3.05) is 20.3 Å². The molecule has 0 aromatic carbocycles. The second-order valence-corrected chi connectivity index (χ2v) is 4.57. The summed E-state index contributed by atoms with van der Waals surface area (Å²) in [5.74, 6) is 0.0523. The number of hydrogen-bond donors (Lipinski definition) is 2. The number of aliphatic imine (C=N–C) groups is 1. The van der Waals surface area contributed by atoms with E-state index in [4.69, 9.17) is 10.5 Å². The Hall–Kier alpha value is -1.30. The summed E-state index contributed by atoms with van der Waals surface area (Å²) in [5, 5.41) is 2.89. The number of nitrogens with zero attached hydrogens (tertiary/aromatic N) is 2. The predicted octanol–water partition coefficient (Wildman–Crippen LogP) is 2.08. The minimum atomic E-state index is -4.42. The van der Waals surface area contributed by atoms with Crippen molar-refractivity contribution >= 4 is 29.9 Å². The zero-order valence-electron chi connectivity index (χ0n) is 12.8. The van der Waals surface area contributed by atoms with Crippen molar-refractivity contribution in [3.8, 4) is 5.88 Å². The van der Waals surface area contributed by atoms with Crippen molar-refractivity contribution in [1.29, 1.82) is 0 Å². The standard InChI is InChI=1S/C13H19F3N4O2.HI/c1-9(7-21-2)20-12(17)19-6-10-4-3-5-18-11(10)22-8-13(14,15)16;/h3-5,9H,6-8H2,1-2H3,(H3,17,19,20);1H. The first-order chi connectivity index (χ1) is 10.3. The Kier molecular flexibility index (Phi) is 9.88. The first kappa shape index (κ1) is 21.7. The summed E-state index contributed by atoms with van der Waals surface area (Å²) >= 11 is 0. The molecule has 0 radical (unpaired) electrons. The molecule has 3 N–H and O–H groups in total. The lowest BCUT2D eigenvalue weighted by molar-refractivity contribution is -0.154. The Morgan fingerprint density at radius 1 is 1.48 bits per heavy atom. The van der Waals surface area contributed by atoms with E-state index in [1.165, 1.54) is 6.20 Å². The van der Waals surface area contributed by atoms with Crippen LogP contribution in [0.4, 0.5) is 13.2 Å². The first-order valence-corrected chi connectivity index (χ1v) is 6.50. The fraction of sp³-hybridized carbons (Fsp3) is 0.538. The fourth-order valence-electron chi connectivity index (χ4n) is 1.58. The molecule has 132 valence electrons. The van der Waals surface area contributed by atoms with Gasteiger partial charge in [-0.25, -0.2) is 9.98 Å². The van der Waals surface area contributed by atoms with Crippen LogP contribution in [0.25, 0.3) is 0 Å². The molecular formula is C13H20F3IN4O2. The van der Waals surface area contributed by atoms with Crippen molar-refractivity contribution in [1.82, 2.24) is 10.3 Å². The molecule has 6 nitrogen and oxygen atoms in total. The van der Waals surface area contributed by atoms with Crippen LogP contribution in [0.5, 0.6) is 5.88 Å². The van der Waals surface area contributed by atoms with Gasteiger partial charge < -0.3 is 20.5 Å². The van der Waals surface area contributed by atoms with Crippen molar-refractivity contribution in [3.05, 3.63) is 23.9 Å². The second-order valence-electron chi connectivity index (χ2n) is 4.57. The molecule has 0 spiro atoms. The highest BCUT2D eigenvalue weighted by Crippen LogP contribution is 2.20. The lowest BCUT2D eigenvalue weighted by atomic mass is 10.3. The predicted molar refractivity (Wildman–Crippen MR) is 91.0 cm³/mol. The Morgan fingerprint density at radius 3 is 2.78 bits per heavy atom. The van der Waals surface area contributed by atoms with Crippen LogP contribution in [0.3, 0.4) is 0 Å². The lowest BCUT2D eigenvalue weighted by Gasteiger charge is -2.14. The fourth-order valence-corrected chi connectivity index (χ4v) is 1.58. The summed E-state index contributed by atoms with van der Waals surface area (Å²) in [6.45, 7) is 0.954. The molecule has 0 aliphatic heterocycles. The van der Waals surface area contributed by atoms with E-state index in [1.54, 1.807) is 19.2 Å². The molecule has 23 heavy (non-hydrogen) atoms. The van der Waals surface area contributed by atoms with Gasteiger partial charge >= 0.3 is 6.18 Å². The average molecular weight is 448 g/mol. The average Bonchev–Trinajstić information content (AvgIpc) is 2.43. The largest absolute Gasteiger partial charge is 0.468 e. The van der Waals surface area contributed by atoms with Gasteiger partial charge in [0.2, 0.25) is 5.88 Å². The third kappa shape index (κ3) is 9.43. The smallest absolute Gasteiger partial charge is 0.422 e. The summed E-state index contributed by atoms with van der Waals surface area (Å²) < 4.78 is 46.2. The number of aromatic nitrogens is 1. The van der Waals surface area contributed by atoms with Crippen molar-refractivity contribution in [2.45, 2.75) is 25.7 Å². The number of halogens is 4. The zero-order valence-corrected chi connectivity index (χ0v) is 15.1. The molecule has 1 unspecified atom stereocenters. The molecule has 1 atom stereocenters. The molecule has 0 saturated carbocycles. The quantitative estimate of drug-likeness (QED) is 0.380. The molecule has 0 saturated heterocycles. The van der Waals surface area contributed by atoms with Gasteiger partial charge in [0, 0.05) is 24.9 Å². The number of nitrogens with two attached hydrogens (primary N) is 1. The molecule has 0 aliphatic carbocycles. The number of alkyl halides is 3. The Bertz CT molecular complexity index is 500. The van der Waals surface area contributed by atoms with E-state index in [0.29, 0.717) is 12.2 Å². The van der Waals surface area contributed by atoms with Crippen LogP contribution in [0.15, 0.2) is 23.3 Å². The maximum Gasteiger partial charge on any atom is 0.422 e. The number of hydrogen-bond acceptors (Lipinski definition) is 4. The summed E-state index contributed by atoms with van der Waals surface area (Å²) in [6, 6.07) is 3.12. The second kappa shape index (κ2) is 10.5. The lowest BCUT2D eigenvalue weighted by Crippen LogP contribution is -2.40. The van der Waals surface area contributed by atoms with Crippen molar-refractivity contribution in [2.24, 2.45) is 10.7 Å². The van der Waals surface area contributed by atoms with E-state index < -0.39 is 12.8 Å². The van der Waals surface area contributed by atoms with E-state index in [1.807, 2.05) is 6.92 Å². The SMILES string of the molecule is COCC(C)NC(N)=NCc1cccnc1OCC(F)(F)F.I. The summed E-state index contributed by atoms with van der Waals surface area (Å²) in [6.07, 6.45) is -3.07. The molecule has 0 fully saturated rings. The third-order valence-corrected chi connectivity index (χ3v) is 2.45. The number of ether oxygens (including phenoxy) is 2.